The maximum absolute atomic E-state index is 12.7. The zero-order valence-corrected chi connectivity index (χ0v) is 7.98. The van der Waals surface area contributed by atoms with E-state index in [2.05, 4.69) is 5.32 Å². The van der Waals surface area contributed by atoms with Crippen molar-refractivity contribution in [2.75, 3.05) is 13.1 Å². The summed E-state index contributed by atoms with van der Waals surface area (Å²) in [6.07, 6.45) is -1.22. The van der Waals surface area contributed by atoms with E-state index in [1.54, 1.807) is 0 Å². The average molecular weight is 208 g/mol. The Morgan fingerprint density at radius 3 is 2.21 bits per heavy atom. The van der Waals surface area contributed by atoms with Crippen molar-refractivity contribution in [1.82, 2.24) is 10.2 Å². The normalized spacial score (nSPS) is 29.6. The second kappa shape index (κ2) is 3.70. The number of hydrogen-bond donors (Lipinski definition) is 1. The average Bonchev–Trinajstić information content (AvgIpc) is 2.88. The van der Waals surface area contributed by atoms with Crippen LogP contribution in [0.15, 0.2) is 0 Å². The lowest BCUT2D eigenvalue weighted by atomic mass is 10.1. The van der Waals surface area contributed by atoms with Gasteiger partial charge in [-0.3, -0.25) is 0 Å². The smallest absolute Gasteiger partial charge is 0.315 e. The number of rotatable bonds is 2. The molecule has 2 nitrogen and oxygen atoms in total. The molecule has 1 aliphatic heterocycles. The largest absolute Gasteiger partial charge is 0.460 e. The van der Waals surface area contributed by atoms with Gasteiger partial charge >= 0.3 is 6.30 Å². The Morgan fingerprint density at radius 2 is 1.79 bits per heavy atom. The zero-order valence-electron chi connectivity index (χ0n) is 7.98. The number of hydrogen-bond acceptors (Lipinski definition) is 2. The molecule has 1 heterocycles. The molecule has 5 heteroatoms. The van der Waals surface area contributed by atoms with Crippen LogP contribution in [0.4, 0.5) is 13.2 Å². The van der Waals surface area contributed by atoms with E-state index in [0.717, 1.165) is 17.9 Å². The maximum atomic E-state index is 12.7. The minimum Gasteiger partial charge on any atom is -0.315 e. The summed E-state index contributed by atoms with van der Waals surface area (Å²) in [6.45, 7) is 1.34. The Balaban J connectivity index is 2.01. The molecule has 1 unspecified atom stereocenters. The van der Waals surface area contributed by atoms with Gasteiger partial charge in [-0.05, 0) is 32.2 Å². The highest BCUT2D eigenvalue weighted by molar-refractivity contribution is 4.92. The van der Waals surface area contributed by atoms with Crippen LogP contribution in [0.3, 0.4) is 0 Å². The summed E-state index contributed by atoms with van der Waals surface area (Å²) in [5.41, 5.74) is 0. The van der Waals surface area contributed by atoms with Crippen LogP contribution in [0, 0.1) is 0 Å². The van der Waals surface area contributed by atoms with Crippen LogP contribution in [0.5, 0.6) is 0 Å². The first kappa shape index (κ1) is 10.2. The van der Waals surface area contributed by atoms with E-state index in [1.807, 2.05) is 0 Å². The highest BCUT2D eigenvalue weighted by atomic mass is 19.4. The summed E-state index contributed by atoms with van der Waals surface area (Å²) >= 11 is 0. The Hall–Kier alpha value is -0.290. The summed E-state index contributed by atoms with van der Waals surface area (Å²) in [4.78, 5) is 0.763. The molecule has 0 radical (unpaired) electrons. The fraction of sp³-hybridized carbons (Fsp3) is 1.00. The summed E-state index contributed by atoms with van der Waals surface area (Å²) < 4.78 is 38.1. The van der Waals surface area contributed by atoms with Crippen LogP contribution in [0.1, 0.15) is 25.7 Å². The fourth-order valence-electron chi connectivity index (χ4n) is 2.14. The molecule has 1 N–H and O–H groups in total. The lowest BCUT2D eigenvalue weighted by Crippen LogP contribution is -2.53. The number of nitrogens with zero attached hydrogens (tertiary/aromatic N) is 1. The van der Waals surface area contributed by atoms with Crippen LogP contribution >= 0.6 is 0 Å². The predicted octanol–water partition coefficient (Wildman–Crippen LogP) is 1.72. The standard InChI is InChI=1S/C9H15F3N2/c10-9(11,12)14(7-3-4-7)8-2-1-5-13-6-8/h7-8,13H,1-6H2. The molecule has 0 amide bonds. The summed E-state index contributed by atoms with van der Waals surface area (Å²) in [7, 11) is 0. The van der Waals surface area contributed by atoms with Gasteiger partial charge < -0.3 is 5.32 Å². The van der Waals surface area contributed by atoms with Crippen LogP contribution in [0.2, 0.25) is 0 Å². The van der Waals surface area contributed by atoms with Gasteiger partial charge in [0.15, 0.2) is 0 Å². The molecule has 0 aromatic carbocycles. The first-order chi connectivity index (χ1) is 6.59. The van der Waals surface area contributed by atoms with Gasteiger partial charge in [-0.2, -0.15) is 13.2 Å². The second-order valence-electron chi connectivity index (χ2n) is 4.11. The molecule has 1 saturated heterocycles. The molecule has 0 aromatic heterocycles. The number of alkyl halides is 3. The van der Waals surface area contributed by atoms with Crippen LogP contribution < -0.4 is 5.32 Å². The monoisotopic (exact) mass is 208 g/mol. The summed E-state index contributed by atoms with van der Waals surface area (Å²) in [6, 6.07) is -0.573. The first-order valence-corrected chi connectivity index (χ1v) is 5.15. The molecule has 14 heavy (non-hydrogen) atoms. The minimum atomic E-state index is -4.15. The van der Waals surface area contributed by atoms with Crippen molar-refractivity contribution in [3.63, 3.8) is 0 Å². The molecule has 0 aromatic rings. The van der Waals surface area contributed by atoms with E-state index >= 15 is 0 Å². The highest BCUT2D eigenvalue weighted by Gasteiger charge is 2.49. The van der Waals surface area contributed by atoms with Crippen molar-refractivity contribution in [3.05, 3.63) is 0 Å². The Kier molecular flexibility index (Phi) is 2.70. The van der Waals surface area contributed by atoms with Gasteiger partial charge in [0.1, 0.15) is 0 Å². The Labute approximate surface area is 81.5 Å². The Bertz CT molecular complexity index is 195. The van der Waals surface area contributed by atoms with Crippen LogP contribution in [0.25, 0.3) is 0 Å². The van der Waals surface area contributed by atoms with Crippen LogP contribution in [-0.2, 0) is 0 Å². The van der Waals surface area contributed by atoms with Crippen molar-refractivity contribution >= 4 is 0 Å². The third kappa shape index (κ3) is 2.20. The lowest BCUT2D eigenvalue weighted by molar-refractivity contribution is -0.263. The predicted molar refractivity (Wildman–Crippen MR) is 46.8 cm³/mol. The van der Waals surface area contributed by atoms with Gasteiger partial charge in [0.2, 0.25) is 0 Å². The Morgan fingerprint density at radius 1 is 1.07 bits per heavy atom. The number of piperidine rings is 1. The molecular formula is C9H15F3N2. The van der Waals surface area contributed by atoms with Gasteiger partial charge in [-0.1, -0.05) is 0 Å². The van der Waals surface area contributed by atoms with Gasteiger partial charge in [0.05, 0.1) is 0 Å². The number of nitrogens with one attached hydrogen (secondary N) is 1. The third-order valence-electron chi connectivity index (χ3n) is 2.90. The molecule has 2 fully saturated rings. The molecule has 1 aliphatic carbocycles. The first-order valence-electron chi connectivity index (χ1n) is 5.15. The molecule has 1 saturated carbocycles. The summed E-state index contributed by atoms with van der Waals surface area (Å²) in [5.74, 6) is 0. The van der Waals surface area contributed by atoms with Gasteiger partial charge in [0, 0.05) is 18.6 Å². The molecule has 0 bridgehead atoms. The van der Waals surface area contributed by atoms with Crippen LogP contribution in [-0.4, -0.2) is 36.4 Å². The van der Waals surface area contributed by atoms with E-state index in [4.69, 9.17) is 0 Å². The van der Waals surface area contributed by atoms with Crippen molar-refractivity contribution in [3.8, 4) is 0 Å². The summed E-state index contributed by atoms with van der Waals surface area (Å²) in [5, 5.41) is 3.03. The molecule has 2 rings (SSSR count). The van der Waals surface area contributed by atoms with E-state index in [0.29, 0.717) is 25.8 Å². The second-order valence-corrected chi connectivity index (χ2v) is 4.11. The van der Waals surface area contributed by atoms with Crippen molar-refractivity contribution in [1.29, 1.82) is 0 Å². The van der Waals surface area contributed by atoms with Crippen molar-refractivity contribution < 1.29 is 13.2 Å². The van der Waals surface area contributed by atoms with E-state index in [1.165, 1.54) is 0 Å². The molecular weight excluding hydrogens is 193 g/mol. The van der Waals surface area contributed by atoms with E-state index in [9.17, 15) is 13.2 Å². The minimum absolute atomic E-state index is 0.236. The van der Waals surface area contributed by atoms with Gasteiger partial charge in [-0.15, -0.1) is 0 Å². The number of halogens is 3. The molecule has 2 aliphatic rings. The van der Waals surface area contributed by atoms with E-state index in [-0.39, 0.29) is 12.1 Å². The van der Waals surface area contributed by atoms with E-state index < -0.39 is 6.30 Å². The topological polar surface area (TPSA) is 15.3 Å². The maximum Gasteiger partial charge on any atom is 0.460 e. The van der Waals surface area contributed by atoms with Crippen molar-refractivity contribution in [2.24, 2.45) is 0 Å². The molecule has 1 atom stereocenters. The quantitative estimate of drug-likeness (QED) is 0.695. The SMILES string of the molecule is FC(F)(F)N(C1CC1)C1CCCNC1. The molecule has 0 spiro atoms. The lowest BCUT2D eigenvalue weighted by Gasteiger charge is -2.35. The van der Waals surface area contributed by atoms with Gasteiger partial charge in [-0.25, -0.2) is 4.90 Å². The fourth-order valence-corrected chi connectivity index (χ4v) is 2.14. The molecule has 82 valence electrons. The van der Waals surface area contributed by atoms with Crippen molar-refractivity contribution in [2.45, 2.75) is 44.1 Å². The third-order valence-corrected chi connectivity index (χ3v) is 2.90. The zero-order chi connectivity index (χ0) is 10.2. The highest BCUT2D eigenvalue weighted by Crippen LogP contribution is 2.38. The van der Waals surface area contributed by atoms with Gasteiger partial charge in [0.25, 0.3) is 0 Å².